The Morgan fingerprint density at radius 2 is 2.10 bits per heavy atom. The monoisotopic (exact) mass is 385 g/mol. The lowest BCUT2D eigenvalue weighted by Crippen LogP contribution is -2.10. The van der Waals surface area contributed by atoms with Crippen molar-refractivity contribution >= 4 is 28.4 Å². The molecule has 0 bridgehead atoms. The normalized spacial score (nSPS) is 11.1. The number of aryl methyl sites for hydroxylation is 1. The van der Waals surface area contributed by atoms with Gasteiger partial charge in [-0.2, -0.15) is 0 Å². The van der Waals surface area contributed by atoms with E-state index in [2.05, 4.69) is 53.7 Å². The molecular weight excluding hydrogens is 365 g/mol. The maximum atomic E-state index is 5.37. The summed E-state index contributed by atoms with van der Waals surface area (Å²) in [5, 5.41) is 3.39. The highest BCUT2D eigenvalue weighted by molar-refractivity contribution is 14.1. The number of aromatic nitrogens is 2. The second kappa shape index (κ2) is 6.56. The Bertz CT molecular complexity index is 593. The van der Waals surface area contributed by atoms with Crippen LogP contribution in [0.2, 0.25) is 0 Å². The van der Waals surface area contributed by atoms with E-state index in [0.29, 0.717) is 5.92 Å². The van der Waals surface area contributed by atoms with E-state index in [9.17, 15) is 0 Å². The van der Waals surface area contributed by atoms with Gasteiger partial charge in [0.25, 0.3) is 0 Å². The molecular formula is C15H20IN3O. The number of rotatable bonds is 5. The van der Waals surface area contributed by atoms with E-state index in [1.54, 1.807) is 6.26 Å². The van der Waals surface area contributed by atoms with Crippen LogP contribution in [0.4, 0.5) is 5.82 Å². The van der Waals surface area contributed by atoms with Crippen molar-refractivity contribution in [1.82, 2.24) is 9.97 Å². The zero-order valence-corrected chi connectivity index (χ0v) is 14.5. The lowest BCUT2D eigenvalue weighted by atomic mass is 10.1. The second-order valence-corrected chi connectivity index (χ2v) is 6.15. The standard InChI is InChI=1S/C15H20IN3O/c1-5-7-17-15-12(16)13(9(2)3)18-14(19-15)11-6-8-20-10(11)4/h6,8-9H,5,7H2,1-4H3,(H,17,18,19). The van der Waals surface area contributed by atoms with E-state index in [0.717, 1.165) is 45.2 Å². The van der Waals surface area contributed by atoms with Crippen LogP contribution in [0.3, 0.4) is 0 Å². The third kappa shape index (κ3) is 3.13. The minimum Gasteiger partial charge on any atom is -0.469 e. The first kappa shape index (κ1) is 15.3. The molecule has 0 saturated carbocycles. The van der Waals surface area contributed by atoms with Gasteiger partial charge in [-0.3, -0.25) is 0 Å². The van der Waals surface area contributed by atoms with Gasteiger partial charge in [0.05, 0.1) is 21.1 Å². The van der Waals surface area contributed by atoms with Gasteiger partial charge >= 0.3 is 0 Å². The summed E-state index contributed by atoms with van der Waals surface area (Å²) < 4.78 is 6.48. The maximum absolute atomic E-state index is 5.37. The molecule has 20 heavy (non-hydrogen) atoms. The predicted octanol–water partition coefficient (Wildman–Crippen LogP) is 4.59. The average Bonchev–Trinajstić information content (AvgIpc) is 2.83. The third-order valence-electron chi connectivity index (χ3n) is 3.07. The Labute approximate surface area is 133 Å². The number of halogens is 1. The smallest absolute Gasteiger partial charge is 0.165 e. The molecule has 0 aromatic carbocycles. The molecule has 1 N–H and O–H groups in total. The van der Waals surface area contributed by atoms with Gasteiger partial charge in [-0.1, -0.05) is 20.8 Å². The fraction of sp³-hybridized carbons (Fsp3) is 0.467. The van der Waals surface area contributed by atoms with Crippen molar-refractivity contribution in [2.75, 3.05) is 11.9 Å². The first-order valence-corrected chi connectivity index (χ1v) is 7.98. The first-order chi connectivity index (χ1) is 9.54. The molecule has 0 radical (unpaired) electrons. The highest BCUT2D eigenvalue weighted by Crippen LogP contribution is 2.29. The van der Waals surface area contributed by atoms with Crippen LogP contribution in [0.5, 0.6) is 0 Å². The number of anilines is 1. The fourth-order valence-electron chi connectivity index (χ4n) is 1.94. The van der Waals surface area contributed by atoms with Gasteiger partial charge in [0, 0.05) is 6.54 Å². The Morgan fingerprint density at radius 1 is 1.35 bits per heavy atom. The highest BCUT2D eigenvalue weighted by atomic mass is 127. The summed E-state index contributed by atoms with van der Waals surface area (Å²) >= 11 is 2.33. The number of hydrogen-bond acceptors (Lipinski definition) is 4. The SMILES string of the molecule is CCCNc1nc(-c2ccoc2C)nc(C(C)C)c1I. The van der Waals surface area contributed by atoms with Gasteiger partial charge in [-0.25, -0.2) is 9.97 Å². The van der Waals surface area contributed by atoms with E-state index >= 15 is 0 Å². The minimum absolute atomic E-state index is 0.359. The number of nitrogens with zero attached hydrogens (tertiary/aromatic N) is 2. The topological polar surface area (TPSA) is 51.0 Å². The lowest BCUT2D eigenvalue weighted by Gasteiger charge is -2.14. The van der Waals surface area contributed by atoms with Gasteiger partial charge < -0.3 is 9.73 Å². The summed E-state index contributed by atoms with van der Waals surface area (Å²) in [6.45, 7) is 9.30. The van der Waals surface area contributed by atoms with Gasteiger partial charge in [-0.15, -0.1) is 0 Å². The lowest BCUT2D eigenvalue weighted by molar-refractivity contribution is 0.535. The molecule has 2 aromatic heterocycles. The summed E-state index contributed by atoms with van der Waals surface area (Å²) in [5.74, 6) is 2.86. The summed E-state index contributed by atoms with van der Waals surface area (Å²) in [5.41, 5.74) is 2.04. The summed E-state index contributed by atoms with van der Waals surface area (Å²) in [7, 11) is 0. The van der Waals surface area contributed by atoms with Crippen LogP contribution in [0.25, 0.3) is 11.4 Å². The van der Waals surface area contributed by atoms with Crippen LogP contribution >= 0.6 is 22.6 Å². The zero-order chi connectivity index (χ0) is 14.7. The molecule has 0 fully saturated rings. The predicted molar refractivity (Wildman–Crippen MR) is 90.1 cm³/mol. The van der Waals surface area contributed by atoms with Crippen LogP contribution in [0.1, 0.15) is 44.6 Å². The van der Waals surface area contributed by atoms with Crippen LogP contribution in [-0.4, -0.2) is 16.5 Å². The molecule has 108 valence electrons. The van der Waals surface area contributed by atoms with E-state index in [4.69, 9.17) is 9.40 Å². The van der Waals surface area contributed by atoms with E-state index in [1.165, 1.54) is 0 Å². The average molecular weight is 385 g/mol. The van der Waals surface area contributed by atoms with Gasteiger partial charge in [-0.05, 0) is 47.9 Å². The Hall–Kier alpha value is -1.11. The van der Waals surface area contributed by atoms with E-state index < -0.39 is 0 Å². The molecule has 0 unspecified atom stereocenters. The van der Waals surface area contributed by atoms with Crippen molar-refractivity contribution < 1.29 is 4.42 Å². The van der Waals surface area contributed by atoms with Crippen molar-refractivity contribution in [1.29, 1.82) is 0 Å². The Kier molecular flexibility index (Phi) is 5.01. The molecule has 0 aliphatic carbocycles. The number of furan rings is 1. The van der Waals surface area contributed by atoms with Gasteiger partial charge in [0.2, 0.25) is 0 Å². The molecule has 0 aliphatic heterocycles. The van der Waals surface area contributed by atoms with Crippen LogP contribution in [0, 0.1) is 10.5 Å². The van der Waals surface area contributed by atoms with Crippen molar-refractivity contribution in [2.24, 2.45) is 0 Å². The van der Waals surface area contributed by atoms with Gasteiger partial charge in [0.15, 0.2) is 5.82 Å². The molecule has 0 spiro atoms. The molecule has 2 rings (SSSR count). The molecule has 0 aliphatic rings. The second-order valence-electron chi connectivity index (χ2n) is 5.07. The minimum atomic E-state index is 0.359. The summed E-state index contributed by atoms with van der Waals surface area (Å²) in [4.78, 5) is 9.39. The molecule has 2 aromatic rings. The summed E-state index contributed by atoms with van der Waals surface area (Å²) in [6.07, 6.45) is 2.75. The van der Waals surface area contributed by atoms with Crippen LogP contribution in [-0.2, 0) is 0 Å². The third-order valence-corrected chi connectivity index (χ3v) is 4.13. The molecule has 5 heteroatoms. The molecule has 0 amide bonds. The molecule has 2 heterocycles. The fourth-order valence-corrected chi connectivity index (χ4v) is 3.00. The maximum Gasteiger partial charge on any atom is 0.165 e. The van der Waals surface area contributed by atoms with Crippen LogP contribution in [0.15, 0.2) is 16.7 Å². The largest absolute Gasteiger partial charge is 0.469 e. The highest BCUT2D eigenvalue weighted by Gasteiger charge is 2.17. The first-order valence-electron chi connectivity index (χ1n) is 6.90. The van der Waals surface area contributed by atoms with E-state index in [1.807, 2.05) is 13.0 Å². The van der Waals surface area contributed by atoms with Gasteiger partial charge in [0.1, 0.15) is 11.6 Å². The molecule has 4 nitrogen and oxygen atoms in total. The van der Waals surface area contributed by atoms with Crippen molar-refractivity contribution in [2.45, 2.75) is 40.0 Å². The summed E-state index contributed by atoms with van der Waals surface area (Å²) in [6, 6.07) is 1.92. The number of hydrogen-bond donors (Lipinski definition) is 1. The molecule has 0 saturated heterocycles. The van der Waals surface area contributed by atoms with E-state index in [-0.39, 0.29) is 0 Å². The van der Waals surface area contributed by atoms with Crippen molar-refractivity contribution in [3.05, 3.63) is 27.4 Å². The zero-order valence-electron chi connectivity index (χ0n) is 12.3. The quantitative estimate of drug-likeness (QED) is 0.765. The van der Waals surface area contributed by atoms with Crippen molar-refractivity contribution in [3.63, 3.8) is 0 Å². The molecule has 0 atom stereocenters. The van der Waals surface area contributed by atoms with Crippen molar-refractivity contribution in [3.8, 4) is 11.4 Å². The Balaban J connectivity index is 2.53. The van der Waals surface area contributed by atoms with Crippen LogP contribution < -0.4 is 5.32 Å². The number of nitrogens with one attached hydrogen (secondary N) is 1. The Morgan fingerprint density at radius 3 is 2.65 bits per heavy atom.